The number of rotatable bonds is 7. The fourth-order valence-corrected chi connectivity index (χ4v) is 1.91. The second-order valence-corrected chi connectivity index (χ2v) is 6.16. The molecule has 0 fully saturated rings. The number of carbonyl (C=O) groups is 1. The summed E-state index contributed by atoms with van der Waals surface area (Å²) < 4.78 is 38.5. The first kappa shape index (κ1) is 19.2. The molecule has 0 aliphatic carbocycles. The molecule has 0 bridgehead atoms. The van der Waals surface area contributed by atoms with Crippen LogP contribution in [0.3, 0.4) is 0 Å². The van der Waals surface area contributed by atoms with Gasteiger partial charge in [0, 0.05) is 25.4 Å². The van der Waals surface area contributed by atoms with E-state index in [2.05, 4.69) is 5.32 Å². The summed E-state index contributed by atoms with van der Waals surface area (Å²) in [4.78, 5) is 23.2. The van der Waals surface area contributed by atoms with Gasteiger partial charge in [0.15, 0.2) is 0 Å². The molecule has 5 nitrogen and oxygen atoms in total. The van der Waals surface area contributed by atoms with Gasteiger partial charge in [0.25, 0.3) is 5.56 Å². The van der Waals surface area contributed by atoms with Crippen LogP contribution in [-0.2, 0) is 17.5 Å². The van der Waals surface area contributed by atoms with Gasteiger partial charge < -0.3 is 15.0 Å². The Hall–Kier alpha value is -1.83. The number of alkyl halides is 3. The van der Waals surface area contributed by atoms with E-state index >= 15 is 0 Å². The van der Waals surface area contributed by atoms with E-state index in [0.717, 1.165) is 10.6 Å². The van der Waals surface area contributed by atoms with Crippen molar-refractivity contribution in [2.24, 2.45) is 5.41 Å². The van der Waals surface area contributed by atoms with E-state index in [0.29, 0.717) is 31.6 Å². The number of nitrogens with zero attached hydrogens (tertiary/aromatic N) is 1. The molecule has 1 rings (SSSR count). The van der Waals surface area contributed by atoms with Crippen molar-refractivity contribution in [3.63, 3.8) is 0 Å². The molecule has 0 saturated carbocycles. The van der Waals surface area contributed by atoms with Gasteiger partial charge in [-0.2, -0.15) is 13.2 Å². The topological polar surface area (TPSA) is 71.3 Å². The minimum absolute atomic E-state index is 0.0283. The minimum atomic E-state index is -4.57. The number of aromatic nitrogens is 1. The van der Waals surface area contributed by atoms with Crippen molar-refractivity contribution in [1.29, 1.82) is 0 Å². The number of hydrogen-bond donors (Lipinski definition) is 2. The van der Waals surface area contributed by atoms with Gasteiger partial charge in [0.2, 0.25) is 5.91 Å². The van der Waals surface area contributed by atoms with Gasteiger partial charge >= 0.3 is 6.18 Å². The monoisotopic (exact) mass is 334 g/mol. The normalized spacial score (nSPS) is 12.3. The predicted molar refractivity (Wildman–Crippen MR) is 78.8 cm³/mol. The van der Waals surface area contributed by atoms with Crippen molar-refractivity contribution >= 4 is 5.91 Å². The number of carbonyl (C=O) groups excluding carboxylic acids is 1. The van der Waals surface area contributed by atoms with Crippen LogP contribution in [0.1, 0.15) is 32.3 Å². The zero-order chi connectivity index (χ0) is 17.7. The van der Waals surface area contributed by atoms with E-state index in [9.17, 15) is 22.8 Å². The Bertz CT molecular complexity index is 594. The molecule has 1 aromatic rings. The van der Waals surface area contributed by atoms with E-state index in [-0.39, 0.29) is 12.0 Å². The minimum Gasteiger partial charge on any atom is -0.396 e. The second-order valence-electron chi connectivity index (χ2n) is 6.16. The lowest BCUT2D eigenvalue weighted by molar-refractivity contribution is -0.138. The van der Waals surface area contributed by atoms with Gasteiger partial charge in [0.05, 0.1) is 5.56 Å². The summed E-state index contributed by atoms with van der Waals surface area (Å²) in [5.41, 5.74) is -1.90. The third kappa shape index (κ3) is 6.43. The molecular formula is C15H21F3N2O3. The summed E-state index contributed by atoms with van der Waals surface area (Å²) in [6.45, 7) is 3.66. The Morgan fingerprint density at radius 3 is 2.52 bits per heavy atom. The zero-order valence-electron chi connectivity index (χ0n) is 13.1. The molecule has 130 valence electrons. The predicted octanol–water partition coefficient (Wildman–Crippen LogP) is 1.78. The van der Waals surface area contributed by atoms with Gasteiger partial charge in [-0.15, -0.1) is 0 Å². The van der Waals surface area contributed by atoms with Crippen LogP contribution in [0, 0.1) is 5.41 Å². The van der Waals surface area contributed by atoms with E-state index in [4.69, 9.17) is 5.11 Å². The van der Waals surface area contributed by atoms with Gasteiger partial charge in [-0.3, -0.25) is 9.59 Å². The quantitative estimate of drug-likeness (QED) is 0.747. The molecule has 0 aromatic carbocycles. The Balaban J connectivity index is 2.56. The molecule has 1 heterocycles. The van der Waals surface area contributed by atoms with Gasteiger partial charge in [-0.1, -0.05) is 13.8 Å². The van der Waals surface area contributed by atoms with E-state index in [1.54, 1.807) is 0 Å². The lowest BCUT2D eigenvalue weighted by Crippen LogP contribution is -2.33. The summed E-state index contributed by atoms with van der Waals surface area (Å²) in [6, 6.07) is 1.48. The summed E-state index contributed by atoms with van der Waals surface area (Å²) >= 11 is 0. The maximum Gasteiger partial charge on any atom is 0.417 e. The average Bonchev–Trinajstić information content (AvgIpc) is 2.45. The van der Waals surface area contributed by atoms with Crippen LogP contribution in [0.5, 0.6) is 0 Å². The summed E-state index contributed by atoms with van der Waals surface area (Å²) in [5.74, 6) is -0.534. The third-order valence-corrected chi connectivity index (χ3v) is 3.41. The van der Waals surface area contributed by atoms with Crippen molar-refractivity contribution in [3.05, 3.63) is 34.2 Å². The lowest BCUT2D eigenvalue weighted by Gasteiger charge is -2.21. The van der Waals surface area contributed by atoms with E-state index < -0.39 is 29.8 Å². The highest BCUT2D eigenvalue weighted by atomic mass is 19.4. The average molecular weight is 334 g/mol. The highest BCUT2D eigenvalue weighted by Crippen LogP contribution is 2.28. The highest BCUT2D eigenvalue weighted by Gasteiger charge is 2.31. The molecule has 0 aliphatic rings. The Morgan fingerprint density at radius 2 is 1.96 bits per heavy atom. The van der Waals surface area contributed by atoms with Crippen molar-refractivity contribution in [2.75, 3.05) is 13.2 Å². The highest BCUT2D eigenvalue weighted by molar-refractivity contribution is 5.75. The summed E-state index contributed by atoms with van der Waals surface area (Å²) in [6.07, 6.45) is -2.62. The van der Waals surface area contributed by atoms with Crippen LogP contribution in [0.2, 0.25) is 0 Å². The fourth-order valence-electron chi connectivity index (χ4n) is 1.91. The molecule has 0 atom stereocenters. The Kier molecular flexibility index (Phi) is 6.37. The summed E-state index contributed by atoms with van der Waals surface area (Å²) in [7, 11) is 0. The molecule has 0 aliphatic heterocycles. The van der Waals surface area contributed by atoms with Crippen molar-refractivity contribution in [2.45, 2.75) is 39.4 Å². The number of amides is 1. The van der Waals surface area contributed by atoms with E-state index in [1.165, 1.54) is 0 Å². The third-order valence-electron chi connectivity index (χ3n) is 3.41. The number of aliphatic hydroxyl groups is 1. The fraction of sp³-hybridized carbons (Fsp3) is 0.600. The molecule has 23 heavy (non-hydrogen) atoms. The molecular weight excluding hydrogens is 313 g/mol. The molecule has 0 unspecified atom stereocenters. The van der Waals surface area contributed by atoms with E-state index in [1.807, 2.05) is 13.8 Å². The SMILES string of the molecule is CC(C)(CO)CCCNC(=O)Cn1cc(C(F)(F)F)ccc1=O. The second kappa shape index (κ2) is 7.63. The van der Waals surface area contributed by atoms with Gasteiger partial charge in [-0.05, 0) is 24.3 Å². The van der Waals surface area contributed by atoms with Crippen LogP contribution in [0.15, 0.2) is 23.1 Å². The molecule has 0 radical (unpaired) electrons. The molecule has 2 N–H and O–H groups in total. The van der Waals surface area contributed by atoms with Crippen LogP contribution >= 0.6 is 0 Å². The van der Waals surface area contributed by atoms with Crippen molar-refractivity contribution in [1.82, 2.24) is 9.88 Å². The first-order valence-electron chi connectivity index (χ1n) is 7.20. The van der Waals surface area contributed by atoms with Crippen LogP contribution in [-0.4, -0.2) is 28.7 Å². The van der Waals surface area contributed by atoms with Gasteiger partial charge in [0.1, 0.15) is 6.54 Å². The van der Waals surface area contributed by atoms with Gasteiger partial charge in [-0.25, -0.2) is 0 Å². The summed E-state index contributed by atoms with van der Waals surface area (Å²) in [5, 5.41) is 11.7. The van der Waals surface area contributed by atoms with Crippen molar-refractivity contribution in [3.8, 4) is 0 Å². The molecule has 8 heteroatoms. The largest absolute Gasteiger partial charge is 0.417 e. The first-order chi connectivity index (χ1) is 10.5. The number of aliphatic hydroxyl groups excluding tert-OH is 1. The standard InChI is InChI=1S/C15H21F3N2O3/c1-14(2,10-21)6-3-7-19-12(22)9-20-8-11(15(16,17)18)4-5-13(20)23/h4-5,8,21H,3,6-7,9-10H2,1-2H3,(H,19,22). The Labute approximate surface area is 132 Å². The maximum atomic E-state index is 12.6. The van der Waals surface area contributed by atoms with Crippen LogP contribution in [0.25, 0.3) is 0 Å². The number of pyridine rings is 1. The number of hydrogen-bond acceptors (Lipinski definition) is 3. The molecule has 1 aromatic heterocycles. The lowest BCUT2D eigenvalue weighted by atomic mass is 9.89. The van der Waals surface area contributed by atoms with Crippen LogP contribution < -0.4 is 10.9 Å². The molecule has 0 spiro atoms. The zero-order valence-corrected chi connectivity index (χ0v) is 13.1. The number of nitrogens with one attached hydrogen (secondary N) is 1. The van der Waals surface area contributed by atoms with Crippen molar-refractivity contribution < 1.29 is 23.1 Å². The maximum absolute atomic E-state index is 12.6. The number of halogens is 3. The Morgan fingerprint density at radius 1 is 1.30 bits per heavy atom. The first-order valence-corrected chi connectivity index (χ1v) is 7.20. The molecule has 0 saturated heterocycles. The van der Waals surface area contributed by atoms with Crippen LogP contribution in [0.4, 0.5) is 13.2 Å². The molecule has 1 amide bonds. The smallest absolute Gasteiger partial charge is 0.396 e.